The molecule has 4 nitrogen and oxygen atoms in total. The maximum Gasteiger partial charge on any atom is 0.126 e. The number of aromatic nitrogens is 2. The molecule has 0 saturated carbocycles. The van der Waals surface area contributed by atoms with Gasteiger partial charge >= 0.3 is 0 Å². The van der Waals surface area contributed by atoms with Crippen molar-refractivity contribution in [3.05, 3.63) is 45.8 Å². The van der Waals surface area contributed by atoms with Gasteiger partial charge in [0.1, 0.15) is 5.82 Å². The minimum atomic E-state index is -1.25. The van der Waals surface area contributed by atoms with Crippen molar-refractivity contribution in [3.63, 3.8) is 0 Å². The first-order valence-electron chi connectivity index (χ1n) is 5.88. The number of rotatable bonds is 3. The maximum absolute atomic E-state index is 11.4. The van der Waals surface area contributed by atoms with E-state index in [1.165, 1.54) is 0 Å². The molecule has 1 aromatic heterocycles. The fourth-order valence-electron chi connectivity index (χ4n) is 1.95. The molecule has 0 bridgehead atoms. The molecule has 0 unspecified atom stereocenters. The van der Waals surface area contributed by atoms with Crippen LogP contribution in [0.1, 0.15) is 28.8 Å². The van der Waals surface area contributed by atoms with Gasteiger partial charge in [-0.1, -0.05) is 41.1 Å². The van der Waals surface area contributed by atoms with Crippen molar-refractivity contribution in [2.24, 2.45) is 0 Å². The minimum absolute atomic E-state index is 0.0694. The van der Waals surface area contributed by atoms with E-state index >= 15 is 0 Å². The van der Waals surface area contributed by atoms with Gasteiger partial charge in [-0.25, -0.2) is 9.97 Å². The lowest BCUT2D eigenvalue weighted by atomic mass is 10.0. The summed E-state index contributed by atoms with van der Waals surface area (Å²) in [6, 6.07) is 7.36. The summed E-state index contributed by atoms with van der Waals surface area (Å²) in [4.78, 5) is 19.8. The van der Waals surface area contributed by atoms with Gasteiger partial charge in [-0.2, -0.15) is 0 Å². The first-order chi connectivity index (χ1) is 9.04. The number of aromatic carboxylic acids is 1. The van der Waals surface area contributed by atoms with Gasteiger partial charge in [0.15, 0.2) is 0 Å². The molecule has 0 aliphatic carbocycles. The lowest BCUT2D eigenvalue weighted by molar-refractivity contribution is -0.255. The molecule has 0 aliphatic heterocycles. The van der Waals surface area contributed by atoms with Crippen LogP contribution in [0, 0.1) is 6.92 Å². The highest BCUT2D eigenvalue weighted by atomic mass is 79.9. The molecule has 5 heteroatoms. The van der Waals surface area contributed by atoms with Gasteiger partial charge in [0, 0.05) is 15.6 Å². The van der Waals surface area contributed by atoms with Gasteiger partial charge in [0.2, 0.25) is 0 Å². The molecule has 0 N–H and O–H groups in total. The number of hydrogen-bond donors (Lipinski definition) is 0. The molecule has 0 amide bonds. The van der Waals surface area contributed by atoms with E-state index in [2.05, 4.69) is 25.9 Å². The second-order valence-corrected chi connectivity index (χ2v) is 4.92. The van der Waals surface area contributed by atoms with E-state index in [4.69, 9.17) is 0 Å². The molecule has 1 heterocycles. The molecule has 1 aromatic carbocycles. The molecule has 19 heavy (non-hydrogen) atoms. The second kappa shape index (κ2) is 5.48. The van der Waals surface area contributed by atoms with Crippen molar-refractivity contribution in [2.75, 3.05) is 0 Å². The summed E-state index contributed by atoms with van der Waals surface area (Å²) in [6.07, 6.45) is 0.518. The quantitative estimate of drug-likeness (QED) is 0.869. The summed E-state index contributed by atoms with van der Waals surface area (Å²) < 4.78 is 0.789. The van der Waals surface area contributed by atoms with Gasteiger partial charge in [-0.05, 0) is 19.4 Å². The SMILES string of the molecule is CCc1nc(C)nc(-c2ccccc2Br)c1C(=O)[O-]. The van der Waals surface area contributed by atoms with Crippen molar-refractivity contribution in [1.29, 1.82) is 0 Å². The van der Waals surface area contributed by atoms with Crippen LogP contribution in [0.25, 0.3) is 11.3 Å². The van der Waals surface area contributed by atoms with Crippen LogP contribution >= 0.6 is 15.9 Å². The van der Waals surface area contributed by atoms with Gasteiger partial charge in [-0.3, -0.25) is 0 Å². The van der Waals surface area contributed by atoms with Crippen LogP contribution in [-0.4, -0.2) is 15.9 Å². The van der Waals surface area contributed by atoms with Crippen molar-refractivity contribution in [3.8, 4) is 11.3 Å². The Hall–Kier alpha value is -1.75. The average molecular weight is 320 g/mol. The number of carbonyl (C=O) groups excluding carboxylic acids is 1. The standard InChI is InChI=1S/C14H13BrN2O2/c1-3-11-12(14(18)19)13(17-8(2)16-11)9-6-4-5-7-10(9)15/h4-7H,3H2,1-2H3,(H,18,19)/p-1. The molecule has 0 fully saturated rings. The predicted molar refractivity (Wildman–Crippen MR) is 73.6 cm³/mol. The van der Waals surface area contributed by atoms with Crippen LogP contribution in [-0.2, 0) is 6.42 Å². The third kappa shape index (κ3) is 2.66. The Bertz CT molecular complexity index is 641. The number of aryl methyl sites for hydroxylation is 2. The lowest BCUT2D eigenvalue weighted by Crippen LogP contribution is -2.26. The second-order valence-electron chi connectivity index (χ2n) is 4.06. The number of hydrogen-bond acceptors (Lipinski definition) is 4. The number of nitrogens with zero attached hydrogens (tertiary/aromatic N) is 2. The van der Waals surface area contributed by atoms with Crippen LogP contribution in [0.5, 0.6) is 0 Å². The molecule has 0 saturated heterocycles. The Balaban J connectivity index is 2.79. The van der Waals surface area contributed by atoms with Crippen molar-refractivity contribution < 1.29 is 9.90 Å². The van der Waals surface area contributed by atoms with Crippen LogP contribution < -0.4 is 5.11 Å². The van der Waals surface area contributed by atoms with E-state index in [0.29, 0.717) is 23.6 Å². The highest BCUT2D eigenvalue weighted by molar-refractivity contribution is 9.10. The third-order valence-electron chi connectivity index (χ3n) is 2.76. The van der Waals surface area contributed by atoms with Gasteiger partial charge in [-0.15, -0.1) is 0 Å². The van der Waals surface area contributed by atoms with Crippen LogP contribution in [0.3, 0.4) is 0 Å². The van der Waals surface area contributed by atoms with Gasteiger partial charge in [0.25, 0.3) is 0 Å². The van der Waals surface area contributed by atoms with E-state index < -0.39 is 5.97 Å². The van der Waals surface area contributed by atoms with E-state index in [9.17, 15) is 9.90 Å². The van der Waals surface area contributed by atoms with Crippen molar-refractivity contribution >= 4 is 21.9 Å². The molecule has 2 rings (SSSR count). The monoisotopic (exact) mass is 319 g/mol. The van der Waals surface area contributed by atoms with E-state index in [1.807, 2.05) is 31.2 Å². The number of carboxylic acids is 1. The Morgan fingerprint density at radius 1 is 1.32 bits per heavy atom. The summed E-state index contributed by atoms with van der Waals surface area (Å²) in [6.45, 7) is 3.61. The largest absolute Gasteiger partial charge is 0.545 e. The van der Waals surface area contributed by atoms with Crippen molar-refractivity contribution in [2.45, 2.75) is 20.3 Å². The van der Waals surface area contributed by atoms with E-state index in [0.717, 1.165) is 10.0 Å². The maximum atomic E-state index is 11.4. The molecular weight excluding hydrogens is 308 g/mol. The smallest absolute Gasteiger partial charge is 0.126 e. The van der Waals surface area contributed by atoms with Crippen LogP contribution in [0.15, 0.2) is 28.7 Å². The highest BCUT2D eigenvalue weighted by Crippen LogP contribution is 2.30. The van der Waals surface area contributed by atoms with Gasteiger partial charge < -0.3 is 9.90 Å². The molecule has 2 aromatic rings. The van der Waals surface area contributed by atoms with E-state index in [-0.39, 0.29) is 5.56 Å². The fourth-order valence-corrected chi connectivity index (χ4v) is 2.42. The summed E-state index contributed by atoms with van der Waals surface area (Å²) in [7, 11) is 0. The predicted octanol–water partition coefficient (Wildman–Crippen LogP) is 2.14. The zero-order valence-electron chi connectivity index (χ0n) is 10.6. The van der Waals surface area contributed by atoms with Crippen molar-refractivity contribution in [1.82, 2.24) is 9.97 Å². The number of halogens is 1. The first-order valence-corrected chi connectivity index (χ1v) is 6.67. The zero-order valence-corrected chi connectivity index (χ0v) is 12.2. The third-order valence-corrected chi connectivity index (χ3v) is 3.46. The lowest BCUT2D eigenvalue weighted by Gasteiger charge is -2.15. The summed E-state index contributed by atoms with van der Waals surface area (Å²) in [5.74, 6) is -0.699. The Morgan fingerprint density at radius 2 is 2.00 bits per heavy atom. The topological polar surface area (TPSA) is 65.9 Å². The number of benzene rings is 1. The minimum Gasteiger partial charge on any atom is -0.545 e. The summed E-state index contributed by atoms with van der Waals surface area (Å²) in [5, 5.41) is 11.4. The summed E-state index contributed by atoms with van der Waals surface area (Å²) in [5.41, 5.74) is 1.69. The zero-order chi connectivity index (χ0) is 14.0. The number of carboxylic acid groups (broad SMARTS) is 1. The Kier molecular flexibility index (Phi) is 3.95. The number of carbonyl (C=O) groups is 1. The summed E-state index contributed by atoms with van der Waals surface area (Å²) >= 11 is 3.41. The van der Waals surface area contributed by atoms with Crippen LogP contribution in [0.2, 0.25) is 0 Å². The average Bonchev–Trinajstić information content (AvgIpc) is 2.37. The molecule has 98 valence electrons. The van der Waals surface area contributed by atoms with Crippen LogP contribution in [0.4, 0.5) is 0 Å². The van der Waals surface area contributed by atoms with E-state index in [1.54, 1.807) is 6.92 Å². The molecule has 0 aliphatic rings. The van der Waals surface area contributed by atoms with Gasteiger partial charge in [0.05, 0.1) is 17.4 Å². The molecular formula is C14H12BrN2O2-. The molecule has 0 atom stereocenters. The highest BCUT2D eigenvalue weighted by Gasteiger charge is 2.16. The Morgan fingerprint density at radius 3 is 2.58 bits per heavy atom. The normalized spacial score (nSPS) is 10.5. The molecule has 0 radical (unpaired) electrons. The Labute approximate surface area is 119 Å². The fraction of sp³-hybridized carbons (Fsp3) is 0.214. The molecule has 0 spiro atoms. The first kappa shape index (κ1) is 13.7.